The van der Waals surface area contributed by atoms with E-state index in [1.165, 1.54) is 17.3 Å². The van der Waals surface area contributed by atoms with E-state index in [4.69, 9.17) is 0 Å². The summed E-state index contributed by atoms with van der Waals surface area (Å²) in [7, 11) is 0. The molecule has 2 aromatic rings. The molecule has 2 unspecified atom stereocenters. The fourth-order valence-corrected chi connectivity index (χ4v) is 3.14. The molecule has 1 aliphatic heterocycles. The van der Waals surface area contributed by atoms with E-state index in [2.05, 4.69) is 9.97 Å². The second kappa shape index (κ2) is 6.51. The first-order valence-corrected chi connectivity index (χ1v) is 7.89. The van der Waals surface area contributed by atoms with Crippen LogP contribution in [-0.4, -0.2) is 38.5 Å². The van der Waals surface area contributed by atoms with E-state index in [9.17, 15) is 23.1 Å². The van der Waals surface area contributed by atoms with Crippen molar-refractivity contribution in [2.24, 2.45) is 0 Å². The normalized spacial score (nSPS) is 20.9. The van der Waals surface area contributed by atoms with Crippen molar-refractivity contribution in [3.63, 3.8) is 0 Å². The van der Waals surface area contributed by atoms with E-state index in [0.29, 0.717) is 11.3 Å². The van der Waals surface area contributed by atoms with Crippen LogP contribution < -0.4 is 0 Å². The lowest BCUT2D eigenvalue weighted by atomic mass is 10.0. The number of nitrogens with one attached hydrogen (secondary N) is 1. The van der Waals surface area contributed by atoms with Crippen LogP contribution in [0.15, 0.2) is 30.6 Å². The van der Waals surface area contributed by atoms with Crippen molar-refractivity contribution in [3.8, 4) is 0 Å². The first kappa shape index (κ1) is 17.5. The van der Waals surface area contributed by atoms with Gasteiger partial charge in [0.1, 0.15) is 0 Å². The number of aromatic nitrogens is 2. The van der Waals surface area contributed by atoms with Crippen molar-refractivity contribution in [1.82, 2.24) is 14.9 Å². The van der Waals surface area contributed by atoms with Crippen LogP contribution in [-0.2, 0) is 17.4 Å². The number of aryl methyl sites for hydroxylation is 1. The Kier molecular flexibility index (Phi) is 4.55. The molecule has 1 aromatic carbocycles. The zero-order chi connectivity index (χ0) is 18.2. The summed E-state index contributed by atoms with van der Waals surface area (Å²) in [6.45, 7) is 1.89. The number of hydrogen-bond donors (Lipinski definition) is 2. The van der Waals surface area contributed by atoms with Crippen LogP contribution in [0.3, 0.4) is 0 Å². The molecule has 1 fully saturated rings. The third-order valence-corrected chi connectivity index (χ3v) is 4.45. The molecule has 1 amide bonds. The lowest BCUT2D eigenvalue weighted by Gasteiger charge is -2.25. The molecule has 2 heterocycles. The van der Waals surface area contributed by atoms with Crippen molar-refractivity contribution in [3.05, 3.63) is 53.1 Å². The number of amides is 1. The van der Waals surface area contributed by atoms with Crippen LogP contribution in [0.25, 0.3) is 0 Å². The molecule has 0 aliphatic carbocycles. The minimum absolute atomic E-state index is 0.0392. The van der Waals surface area contributed by atoms with Crippen molar-refractivity contribution in [2.75, 3.05) is 6.54 Å². The number of imidazole rings is 1. The topological polar surface area (TPSA) is 69.2 Å². The summed E-state index contributed by atoms with van der Waals surface area (Å²) in [6, 6.07) is 4.34. The highest BCUT2D eigenvalue weighted by atomic mass is 19.4. The summed E-state index contributed by atoms with van der Waals surface area (Å²) in [6.07, 6.45) is -3.47. The van der Waals surface area contributed by atoms with Crippen LogP contribution in [0.5, 0.6) is 0 Å². The van der Waals surface area contributed by atoms with Gasteiger partial charge in [0, 0.05) is 12.2 Å². The monoisotopic (exact) mass is 353 g/mol. The third-order valence-electron chi connectivity index (χ3n) is 4.45. The Morgan fingerprint density at radius 2 is 2.20 bits per heavy atom. The molecule has 25 heavy (non-hydrogen) atoms. The number of nitrogens with zero attached hydrogens (tertiary/aromatic N) is 2. The molecule has 1 saturated heterocycles. The van der Waals surface area contributed by atoms with Gasteiger partial charge in [0.2, 0.25) is 5.91 Å². The van der Waals surface area contributed by atoms with Gasteiger partial charge in [-0.2, -0.15) is 13.2 Å². The van der Waals surface area contributed by atoms with E-state index in [-0.39, 0.29) is 25.3 Å². The fourth-order valence-electron chi connectivity index (χ4n) is 3.14. The van der Waals surface area contributed by atoms with Crippen molar-refractivity contribution in [2.45, 2.75) is 38.1 Å². The Bertz CT molecular complexity index is 772. The first-order valence-electron chi connectivity index (χ1n) is 7.89. The maximum Gasteiger partial charge on any atom is 0.416 e. The quantitative estimate of drug-likeness (QED) is 0.891. The maximum atomic E-state index is 12.9. The second-order valence-corrected chi connectivity index (χ2v) is 6.23. The van der Waals surface area contributed by atoms with Gasteiger partial charge in [0.25, 0.3) is 0 Å². The van der Waals surface area contributed by atoms with E-state index in [1.807, 2.05) is 0 Å². The fraction of sp³-hybridized carbons (Fsp3) is 0.412. The number of carbonyl (C=O) groups excluding carboxylic acids is 1. The zero-order valence-corrected chi connectivity index (χ0v) is 13.5. The van der Waals surface area contributed by atoms with Gasteiger partial charge in [0.15, 0.2) is 0 Å². The van der Waals surface area contributed by atoms with E-state index in [0.717, 1.165) is 17.8 Å². The van der Waals surface area contributed by atoms with Crippen LogP contribution >= 0.6 is 0 Å². The SMILES string of the molecule is Cc1[nH]cnc1CC(=O)N1CC(O)CC1c1cccc(C(F)(F)F)c1. The van der Waals surface area contributed by atoms with Gasteiger partial charge in [-0.3, -0.25) is 4.79 Å². The number of carbonyl (C=O) groups is 1. The Hall–Kier alpha value is -2.35. The molecule has 3 rings (SSSR count). The summed E-state index contributed by atoms with van der Waals surface area (Å²) in [5.41, 5.74) is 0.971. The third kappa shape index (κ3) is 3.68. The number of rotatable bonds is 3. The van der Waals surface area contributed by atoms with Crippen molar-refractivity contribution in [1.29, 1.82) is 0 Å². The molecule has 0 spiro atoms. The summed E-state index contributed by atoms with van der Waals surface area (Å²) >= 11 is 0. The van der Waals surface area contributed by atoms with Gasteiger partial charge in [-0.25, -0.2) is 4.98 Å². The lowest BCUT2D eigenvalue weighted by molar-refractivity contribution is -0.137. The molecular weight excluding hydrogens is 335 g/mol. The van der Waals surface area contributed by atoms with E-state index in [1.54, 1.807) is 13.0 Å². The van der Waals surface area contributed by atoms with Gasteiger partial charge >= 0.3 is 6.18 Å². The Morgan fingerprint density at radius 1 is 1.44 bits per heavy atom. The number of halogens is 3. The molecule has 0 radical (unpaired) electrons. The van der Waals surface area contributed by atoms with Crippen molar-refractivity contribution < 1.29 is 23.1 Å². The predicted octanol–water partition coefficient (Wildman–Crippen LogP) is 2.61. The molecule has 5 nitrogen and oxygen atoms in total. The number of aliphatic hydroxyl groups is 1. The molecule has 134 valence electrons. The number of alkyl halides is 3. The summed E-state index contributed by atoms with van der Waals surface area (Å²) in [5, 5.41) is 9.95. The van der Waals surface area contributed by atoms with Gasteiger partial charge in [0.05, 0.1) is 36.2 Å². The average Bonchev–Trinajstić information content (AvgIpc) is 3.13. The number of aromatic amines is 1. The molecule has 2 atom stereocenters. The van der Waals surface area contributed by atoms with Crippen LogP contribution in [0, 0.1) is 6.92 Å². The average molecular weight is 353 g/mol. The smallest absolute Gasteiger partial charge is 0.391 e. The molecule has 0 saturated carbocycles. The summed E-state index contributed by atoms with van der Waals surface area (Å²) < 4.78 is 38.8. The van der Waals surface area contributed by atoms with Gasteiger partial charge < -0.3 is 15.0 Å². The highest BCUT2D eigenvalue weighted by Gasteiger charge is 2.37. The van der Waals surface area contributed by atoms with Crippen LogP contribution in [0.4, 0.5) is 13.2 Å². The number of aliphatic hydroxyl groups excluding tert-OH is 1. The van der Waals surface area contributed by atoms with Crippen LogP contribution in [0.2, 0.25) is 0 Å². The Labute approximate surface area is 142 Å². The number of hydrogen-bond acceptors (Lipinski definition) is 3. The molecule has 8 heteroatoms. The standard InChI is InChI=1S/C17H18F3N3O2/c1-10-14(22-9-21-10)7-16(25)23-8-13(24)6-15(23)11-3-2-4-12(5-11)17(18,19)20/h2-5,9,13,15,24H,6-8H2,1H3,(H,21,22). The number of likely N-dealkylation sites (tertiary alicyclic amines) is 1. The van der Waals surface area contributed by atoms with E-state index < -0.39 is 23.9 Å². The van der Waals surface area contributed by atoms with Gasteiger partial charge in [-0.05, 0) is 31.0 Å². The Balaban J connectivity index is 1.85. The highest BCUT2D eigenvalue weighted by molar-refractivity contribution is 5.79. The van der Waals surface area contributed by atoms with E-state index >= 15 is 0 Å². The molecule has 2 N–H and O–H groups in total. The molecule has 1 aliphatic rings. The minimum Gasteiger partial charge on any atom is -0.391 e. The predicted molar refractivity (Wildman–Crippen MR) is 83.6 cm³/mol. The number of benzene rings is 1. The number of β-amino-alcohol motifs (C(OH)–C–C–N with tert-alkyl or cyclic N) is 1. The summed E-state index contributed by atoms with van der Waals surface area (Å²) in [5.74, 6) is -0.269. The molecule has 1 aromatic heterocycles. The maximum absolute atomic E-state index is 12.9. The molecular formula is C17H18F3N3O2. The lowest BCUT2D eigenvalue weighted by Crippen LogP contribution is -2.33. The van der Waals surface area contributed by atoms with Gasteiger partial charge in [-0.1, -0.05) is 12.1 Å². The molecule has 0 bridgehead atoms. The van der Waals surface area contributed by atoms with Gasteiger partial charge in [-0.15, -0.1) is 0 Å². The Morgan fingerprint density at radius 3 is 2.84 bits per heavy atom. The first-order chi connectivity index (χ1) is 11.8. The second-order valence-electron chi connectivity index (χ2n) is 6.23. The van der Waals surface area contributed by atoms with Crippen LogP contribution in [0.1, 0.15) is 35.0 Å². The largest absolute Gasteiger partial charge is 0.416 e. The minimum atomic E-state index is -4.45. The number of H-pyrrole nitrogens is 1. The van der Waals surface area contributed by atoms with Crippen molar-refractivity contribution >= 4 is 5.91 Å². The summed E-state index contributed by atoms with van der Waals surface area (Å²) in [4.78, 5) is 21.0. The zero-order valence-electron chi connectivity index (χ0n) is 13.5. The highest BCUT2D eigenvalue weighted by Crippen LogP contribution is 2.36.